The second-order valence-corrected chi connectivity index (χ2v) is 9.91. The SMILES string of the molecule is COc1ccc(C[C@H]2CO[C@H](c3cc(OC)c(OC)c(OC)c3)[C@@H]2C2CCCC(C(=O)O)=C2C)cc1OC. The van der Waals surface area contributed by atoms with Gasteiger partial charge in [-0.1, -0.05) is 11.6 Å². The minimum Gasteiger partial charge on any atom is -0.493 e. The van der Waals surface area contributed by atoms with Gasteiger partial charge in [-0.25, -0.2) is 4.79 Å². The van der Waals surface area contributed by atoms with Gasteiger partial charge < -0.3 is 33.5 Å². The summed E-state index contributed by atoms with van der Waals surface area (Å²) in [5.74, 6) is 2.48. The summed E-state index contributed by atoms with van der Waals surface area (Å²) in [4.78, 5) is 12.1. The van der Waals surface area contributed by atoms with E-state index in [1.807, 2.05) is 31.2 Å². The zero-order chi connectivity index (χ0) is 27.4. The summed E-state index contributed by atoms with van der Waals surface area (Å²) >= 11 is 0. The van der Waals surface area contributed by atoms with E-state index in [2.05, 4.69) is 6.07 Å². The number of aliphatic carboxylic acids is 1. The average molecular weight is 527 g/mol. The molecule has 1 aliphatic carbocycles. The maximum absolute atomic E-state index is 12.1. The van der Waals surface area contributed by atoms with Crippen LogP contribution in [0.25, 0.3) is 0 Å². The Bertz CT molecular complexity index is 1160. The molecule has 8 nitrogen and oxygen atoms in total. The van der Waals surface area contributed by atoms with Crippen molar-refractivity contribution in [1.29, 1.82) is 0 Å². The maximum Gasteiger partial charge on any atom is 0.331 e. The van der Waals surface area contributed by atoms with Crippen molar-refractivity contribution < 1.29 is 38.3 Å². The van der Waals surface area contributed by atoms with Crippen molar-refractivity contribution in [3.05, 3.63) is 52.6 Å². The Hall–Kier alpha value is -3.39. The molecule has 0 aromatic heterocycles. The molecule has 1 fully saturated rings. The molecule has 4 atom stereocenters. The summed E-state index contributed by atoms with van der Waals surface area (Å²) < 4.78 is 34.3. The normalized spacial score (nSPS) is 23.2. The first kappa shape index (κ1) is 27.6. The van der Waals surface area contributed by atoms with E-state index in [9.17, 15) is 9.90 Å². The van der Waals surface area contributed by atoms with Crippen molar-refractivity contribution in [1.82, 2.24) is 0 Å². The summed E-state index contributed by atoms with van der Waals surface area (Å²) in [5, 5.41) is 9.89. The highest BCUT2D eigenvalue weighted by molar-refractivity contribution is 5.87. The summed E-state index contributed by atoms with van der Waals surface area (Å²) in [6.45, 7) is 2.53. The number of carbonyl (C=O) groups is 1. The van der Waals surface area contributed by atoms with Crippen LogP contribution < -0.4 is 23.7 Å². The van der Waals surface area contributed by atoms with Gasteiger partial charge in [-0.3, -0.25) is 0 Å². The predicted molar refractivity (Wildman–Crippen MR) is 143 cm³/mol. The van der Waals surface area contributed by atoms with Crippen LogP contribution in [-0.4, -0.2) is 53.2 Å². The van der Waals surface area contributed by atoms with Crippen molar-refractivity contribution in [3.8, 4) is 28.7 Å². The topological polar surface area (TPSA) is 92.7 Å². The fourth-order valence-corrected chi connectivity index (χ4v) is 6.22. The highest BCUT2D eigenvalue weighted by Crippen LogP contribution is 2.52. The molecule has 1 saturated heterocycles. The first-order valence-electron chi connectivity index (χ1n) is 12.9. The van der Waals surface area contributed by atoms with Crippen molar-refractivity contribution in [2.24, 2.45) is 17.8 Å². The van der Waals surface area contributed by atoms with Gasteiger partial charge in [0.2, 0.25) is 5.75 Å². The Labute approximate surface area is 224 Å². The number of ether oxygens (including phenoxy) is 6. The molecule has 1 N–H and O–H groups in total. The number of hydrogen-bond donors (Lipinski definition) is 1. The van der Waals surface area contributed by atoms with Crippen molar-refractivity contribution >= 4 is 5.97 Å². The Morgan fingerprint density at radius 2 is 1.58 bits per heavy atom. The molecule has 2 aliphatic rings. The first-order chi connectivity index (χ1) is 18.4. The number of methoxy groups -OCH3 is 5. The minimum absolute atomic E-state index is 0.0561. The van der Waals surface area contributed by atoms with E-state index in [0.29, 0.717) is 47.3 Å². The number of benzene rings is 2. The minimum atomic E-state index is -0.827. The van der Waals surface area contributed by atoms with E-state index >= 15 is 0 Å². The molecule has 8 heteroatoms. The average Bonchev–Trinajstić information content (AvgIpc) is 3.34. The number of allylic oxidation sites excluding steroid dienone is 1. The Morgan fingerprint density at radius 1 is 0.921 bits per heavy atom. The molecule has 2 aromatic rings. The van der Waals surface area contributed by atoms with Gasteiger partial charge in [0.1, 0.15) is 0 Å². The third kappa shape index (κ3) is 5.27. The van der Waals surface area contributed by atoms with E-state index < -0.39 is 5.97 Å². The molecule has 1 unspecified atom stereocenters. The van der Waals surface area contributed by atoms with Crippen molar-refractivity contribution in [2.45, 2.75) is 38.7 Å². The van der Waals surface area contributed by atoms with Gasteiger partial charge in [0.05, 0.1) is 48.3 Å². The smallest absolute Gasteiger partial charge is 0.331 e. The lowest BCUT2D eigenvalue weighted by molar-refractivity contribution is -0.133. The molecular formula is C30H38O8. The number of rotatable bonds is 10. The molecule has 0 radical (unpaired) electrons. The quantitative estimate of drug-likeness (QED) is 0.435. The second-order valence-electron chi connectivity index (χ2n) is 9.91. The molecule has 0 spiro atoms. The largest absolute Gasteiger partial charge is 0.493 e. The Balaban J connectivity index is 1.77. The molecule has 0 bridgehead atoms. The lowest BCUT2D eigenvalue weighted by Crippen LogP contribution is -2.30. The zero-order valence-corrected chi connectivity index (χ0v) is 23.0. The second kappa shape index (κ2) is 12.0. The molecule has 0 saturated carbocycles. The molecule has 206 valence electrons. The monoisotopic (exact) mass is 526 g/mol. The van der Waals surface area contributed by atoms with Crippen molar-refractivity contribution in [3.63, 3.8) is 0 Å². The molecule has 4 rings (SSSR count). The van der Waals surface area contributed by atoms with Gasteiger partial charge in [-0.15, -0.1) is 0 Å². The van der Waals surface area contributed by atoms with Crippen LogP contribution in [0.1, 0.15) is 43.4 Å². The highest BCUT2D eigenvalue weighted by Gasteiger charge is 2.45. The van der Waals surface area contributed by atoms with Gasteiger partial charge in [0.15, 0.2) is 23.0 Å². The van der Waals surface area contributed by atoms with Gasteiger partial charge in [-0.05, 0) is 79.8 Å². The van der Waals surface area contributed by atoms with Crippen LogP contribution in [0.3, 0.4) is 0 Å². The highest BCUT2D eigenvalue weighted by atomic mass is 16.5. The standard InChI is InChI=1S/C30H38O8/c1-17-21(8-7-9-22(17)30(31)32)27-20(12-18-10-11-23(33-2)24(13-18)34-3)16-38-28(27)19-14-25(35-4)29(37-6)26(15-19)36-5/h10-11,13-15,20-21,27-28H,7-9,12,16H2,1-6H3,(H,31,32)/t20-,21?,27-,28+/m0/s1. The van der Waals surface area contributed by atoms with Gasteiger partial charge in [0, 0.05) is 11.5 Å². The maximum atomic E-state index is 12.1. The van der Waals surface area contributed by atoms with Crippen LogP contribution in [0, 0.1) is 17.8 Å². The zero-order valence-electron chi connectivity index (χ0n) is 23.0. The lowest BCUT2D eigenvalue weighted by atomic mass is 9.68. The van der Waals surface area contributed by atoms with E-state index in [0.717, 1.165) is 36.0 Å². The number of carboxylic acids is 1. The van der Waals surface area contributed by atoms with E-state index in [-0.39, 0.29) is 23.9 Å². The van der Waals surface area contributed by atoms with Crippen molar-refractivity contribution in [2.75, 3.05) is 42.2 Å². The lowest BCUT2D eigenvalue weighted by Gasteiger charge is -2.36. The summed E-state index contributed by atoms with van der Waals surface area (Å²) in [7, 11) is 8.03. The third-order valence-corrected chi connectivity index (χ3v) is 8.04. The molecule has 2 aromatic carbocycles. The number of hydrogen-bond acceptors (Lipinski definition) is 7. The summed E-state index contributed by atoms with van der Waals surface area (Å²) in [6, 6.07) is 9.87. The van der Waals surface area contributed by atoms with E-state index in [4.69, 9.17) is 28.4 Å². The van der Waals surface area contributed by atoms with Crippen LogP contribution >= 0.6 is 0 Å². The molecule has 1 aliphatic heterocycles. The fourth-order valence-electron chi connectivity index (χ4n) is 6.22. The third-order valence-electron chi connectivity index (χ3n) is 8.04. The molecule has 1 heterocycles. The number of carboxylic acid groups (broad SMARTS) is 1. The van der Waals surface area contributed by atoms with Gasteiger partial charge in [0.25, 0.3) is 0 Å². The fraction of sp³-hybridized carbons (Fsp3) is 0.500. The Kier molecular flexibility index (Phi) is 8.72. The molecule has 0 amide bonds. The molecular weight excluding hydrogens is 488 g/mol. The van der Waals surface area contributed by atoms with Crippen LogP contribution in [0.2, 0.25) is 0 Å². The van der Waals surface area contributed by atoms with Crippen LogP contribution in [0.15, 0.2) is 41.5 Å². The van der Waals surface area contributed by atoms with E-state index in [1.165, 1.54) is 0 Å². The summed E-state index contributed by atoms with van der Waals surface area (Å²) in [5.41, 5.74) is 3.52. The van der Waals surface area contributed by atoms with Gasteiger partial charge >= 0.3 is 5.97 Å². The van der Waals surface area contributed by atoms with Crippen LogP contribution in [0.4, 0.5) is 0 Å². The predicted octanol–water partition coefficient (Wildman–Crippen LogP) is 5.48. The Morgan fingerprint density at radius 3 is 2.16 bits per heavy atom. The first-order valence-corrected chi connectivity index (χ1v) is 12.9. The molecule has 38 heavy (non-hydrogen) atoms. The van der Waals surface area contributed by atoms with Gasteiger partial charge in [-0.2, -0.15) is 0 Å². The summed E-state index contributed by atoms with van der Waals surface area (Å²) in [6.07, 6.45) is 2.85. The van der Waals surface area contributed by atoms with Crippen LogP contribution in [-0.2, 0) is 16.0 Å². The van der Waals surface area contributed by atoms with E-state index in [1.54, 1.807) is 35.5 Å². The van der Waals surface area contributed by atoms with Crippen LogP contribution in [0.5, 0.6) is 28.7 Å².